The minimum Gasteiger partial charge on any atom is -0.450 e. The van der Waals surface area contributed by atoms with Crippen LogP contribution in [-0.4, -0.2) is 14.8 Å². The van der Waals surface area contributed by atoms with Gasteiger partial charge in [-0.3, -0.25) is 30.3 Å². The van der Waals surface area contributed by atoms with Crippen LogP contribution >= 0.6 is 0 Å². The molecular weight excluding hydrogens is 367 g/mol. The Hall–Kier alpha value is -3.77. The minimum atomic E-state index is -4.82. The maximum absolute atomic E-state index is 12.6. The van der Waals surface area contributed by atoms with Gasteiger partial charge in [0, 0.05) is 12.1 Å². The molecule has 2 aromatic rings. The van der Waals surface area contributed by atoms with Gasteiger partial charge in [-0.15, -0.1) is 0 Å². The van der Waals surface area contributed by atoms with Crippen LogP contribution in [0.15, 0.2) is 36.4 Å². The number of halogens is 3. The van der Waals surface area contributed by atoms with E-state index in [-0.39, 0.29) is 6.07 Å². The summed E-state index contributed by atoms with van der Waals surface area (Å²) in [5.41, 5.74) is -4.10. The van der Waals surface area contributed by atoms with Gasteiger partial charge in [-0.1, -0.05) is 0 Å². The molecule has 0 aliphatic carbocycles. The van der Waals surface area contributed by atoms with E-state index >= 15 is 0 Å². The zero-order valence-corrected chi connectivity index (χ0v) is 12.3. The molecule has 0 heterocycles. The average Bonchev–Trinajstić information content (AvgIpc) is 2.53. The molecule has 0 amide bonds. The lowest BCUT2D eigenvalue weighted by atomic mass is 10.2. The van der Waals surface area contributed by atoms with Crippen molar-refractivity contribution in [2.24, 2.45) is 0 Å². The largest absolute Gasteiger partial charge is 0.450 e. The van der Waals surface area contributed by atoms with Gasteiger partial charge in [0.1, 0.15) is 5.75 Å². The molecule has 0 aliphatic rings. The highest BCUT2D eigenvalue weighted by atomic mass is 19.4. The van der Waals surface area contributed by atoms with E-state index in [0.717, 1.165) is 12.1 Å². The van der Waals surface area contributed by atoms with Gasteiger partial charge in [0.2, 0.25) is 5.75 Å². The fourth-order valence-corrected chi connectivity index (χ4v) is 1.92. The van der Waals surface area contributed by atoms with Crippen LogP contribution in [0.5, 0.6) is 11.5 Å². The molecule has 0 saturated heterocycles. The van der Waals surface area contributed by atoms with E-state index in [4.69, 9.17) is 4.74 Å². The number of nitrogens with zero attached hydrogens (tertiary/aromatic N) is 3. The predicted octanol–water partition coefficient (Wildman–Crippen LogP) is 4.22. The molecule has 2 rings (SSSR count). The molecule has 0 aromatic heterocycles. The smallest absolute Gasteiger partial charge is 0.416 e. The van der Waals surface area contributed by atoms with E-state index in [1.54, 1.807) is 0 Å². The third-order valence-corrected chi connectivity index (χ3v) is 3.05. The zero-order valence-electron chi connectivity index (χ0n) is 12.3. The summed E-state index contributed by atoms with van der Waals surface area (Å²) in [5.74, 6) is -1.02. The van der Waals surface area contributed by atoms with Gasteiger partial charge >= 0.3 is 23.2 Å². The van der Waals surface area contributed by atoms with Gasteiger partial charge in [-0.05, 0) is 18.2 Å². The van der Waals surface area contributed by atoms with Crippen molar-refractivity contribution in [2.45, 2.75) is 6.18 Å². The predicted molar refractivity (Wildman–Crippen MR) is 77.9 cm³/mol. The first kappa shape index (κ1) is 18.6. The van der Waals surface area contributed by atoms with Crippen LogP contribution in [0.3, 0.4) is 0 Å². The van der Waals surface area contributed by atoms with Crippen LogP contribution in [0.2, 0.25) is 0 Å². The summed E-state index contributed by atoms with van der Waals surface area (Å²) in [6, 6.07) is 3.75. The molecule has 2 aromatic carbocycles. The normalized spacial score (nSPS) is 11.0. The van der Waals surface area contributed by atoms with E-state index in [1.807, 2.05) is 0 Å². The molecule has 10 nitrogen and oxygen atoms in total. The van der Waals surface area contributed by atoms with Crippen molar-refractivity contribution in [2.75, 3.05) is 0 Å². The summed E-state index contributed by atoms with van der Waals surface area (Å²) in [4.78, 5) is 29.4. The van der Waals surface area contributed by atoms with Crippen molar-refractivity contribution >= 4 is 17.1 Å². The lowest BCUT2D eigenvalue weighted by Crippen LogP contribution is -2.06. The molecular formula is C13H6F3N3O7. The number of nitro benzene ring substituents is 3. The summed E-state index contributed by atoms with van der Waals surface area (Å²) >= 11 is 0. The van der Waals surface area contributed by atoms with Crippen molar-refractivity contribution in [1.29, 1.82) is 0 Å². The number of ether oxygens (including phenoxy) is 1. The number of hydrogen-bond donors (Lipinski definition) is 0. The summed E-state index contributed by atoms with van der Waals surface area (Å²) in [5, 5.41) is 32.6. The number of nitro groups is 3. The summed E-state index contributed by atoms with van der Waals surface area (Å²) in [7, 11) is 0. The summed E-state index contributed by atoms with van der Waals surface area (Å²) in [6.07, 6.45) is -4.82. The Morgan fingerprint density at radius 2 is 1.35 bits per heavy atom. The number of hydrogen-bond acceptors (Lipinski definition) is 7. The maximum atomic E-state index is 12.6. The van der Waals surface area contributed by atoms with Gasteiger partial charge in [0.05, 0.1) is 26.4 Å². The third-order valence-electron chi connectivity index (χ3n) is 3.05. The van der Waals surface area contributed by atoms with E-state index in [1.165, 1.54) is 0 Å². The zero-order chi connectivity index (χ0) is 19.6. The third kappa shape index (κ3) is 3.82. The Morgan fingerprint density at radius 1 is 0.769 bits per heavy atom. The Kier molecular flexibility index (Phi) is 4.73. The van der Waals surface area contributed by atoms with Gasteiger partial charge in [-0.2, -0.15) is 13.2 Å². The monoisotopic (exact) mass is 373 g/mol. The molecule has 0 radical (unpaired) electrons. The topological polar surface area (TPSA) is 139 Å². The van der Waals surface area contributed by atoms with Crippen molar-refractivity contribution in [3.05, 3.63) is 72.3 Å². The molecule has 0 unspecified atom stereocenters. The Balaban J connectivity index is 2.48. The van der Waals surface area contributed by atoms with Gasteiger partial charge in [0.15, 0.2) is 0 Å². The van der Waals surface area contributed by atoms with Crippen molar-refractivity contribution in [1.82, 2.24) is 0 Å². The Bertz CT molecular complexity index is 914. The first-order valence-electron chi connectivity index (χ1n) is 6.47. The van der Waals surface area contributed by atoms with Gasteiger partial charge < -0.3 is 4.74 Å². The first-order chi connectivity index (χ1) is 12.0. The van der Waals surface area contributed by atoms with Crippen LogP contribution < -0.4 is 4.74 Å². The highest BCUT2D eigenvalue weighted by molar-refractivity contribution is 5.58. The van der Waals surface area contributed by atoms with Crippen molar-refractivity contribution in [3.8, 4) is 11.5 Å². The minimum absolute atomic E-state index is 0.245. The molecule has 0 N–H and O–H groups in total. The second kappa shape index (κ2) is 6.62. The molecule has 0 spiro atoms. The number of benzene rings is 2. The molecule has 0 atom stereocenters. The highest BCUT2D eigenvalue weighted by Gasteiger charge is 2.33. The second-order valence-electron chi connectivity index (χ2n) is 4.70. The number of alkyl halides is 3. The molecule has 0 fully saturated rings. The van der Waals surface area contributed by atoms with Gasteiger partial charge in [0.25, 0.3) is 0 Å². The van der Waals surface area contributed by atoms with Gasteiger partial charge in [-0.25, -0.2) is 0 Å². The Morgan fingerprint density at radius 3 is 1.85 bits per heavy atom. The van der Waals surface area contributed by atoms with E-state index in [2.05, 4.69) is 0 Å². The van der Waals surface area contributed by atoms with E-state index in [9.17, 15) is 43.5 Å². The SMILES string of the molecule is O=[N+]([O-])c1cc(C(F)(F)F)ccc1Oc1ccc([N+](=O)[O-])c([N+](=O)[O-])c1. The molecule has 0 saturated carbocycles. The Labute approximate surface area is 140 Å². The van der Waals surface area contributed by atoms with Crippen LogP contribution in [0, 0.1) is 30.3 Å². The molecule has 136 valence electrons. The van der Waals surface area contributed by atoms with Crippen molar-refractivity contribution < 1.29 is 32.7 Å². The summed E-state index contributed by atoms with van der Waals surface area (Å²) < 4.78 is 43.0. The molecule has 0 bridgehead atoms. The highest BCUT2D eigenvalue weighted by Crippen LogP contribution is 2.39. The second-order valence-corrected chi connectivity index (χ2v) is 4.70. The summed E-state index contributed by atoms with van der Waals surface area (Å²) in [6.45, 7) is 0. The molecule has 26 heavy (non-hydrogen) atoms. The van der Waals surface area contributed by atoms with Crippen LogP contribution in [0.4, 0.5) is 30.2 Å². The first-order valence-corrected chi connectivity index (χ1v) is 6.47. The fraction of sp³-hybridized carbons (Fsp3) is 0.0769. The van der Waals surface area contributed by atoms with Crippen molar-refractivity contribution in [3.63, 3.8) is 0 Å². The lowest BCUT2D eigenvalue weighted by Gasteiger charge is -2.10. The van der Waals surface area contributed by atoms with Crippen LogP contribution in [0.1, 0.15) is 5.56 Å². The quantitative estimate of drug-likeness (QED) is 0.564. The fourth-order valence-electron chi connectivity index (χ4n) is 1.92. The maximum Gasteiger partial charge on any atom is 0.416 e. The molecule has 13 heteroatoms. The average molecular weight is 373 g/mol. The van der Waals surface area contributed by atoms with E-state index in [0.29, 0.717) is 18.2 Å². The number of rotatable bonds is 5. The lowest BCUT2D eigenvalue weighted by molar-refractivity contribution is -0.422. The van der Waals surface area contributed by atoms with Crippen LogP contribution in [-0.2, 0) is 6.18 Å². The standard InChI is InChI=1S/C13H6F3N3O7/c14-13(15,16)7-1-4-12(11(5-7)19(24)25)26-8-2-3-9(17(20)21)10(6-8)18(22)23/h1-6H. The molecule has 0 aliphatic heterocycles. The van der Waals surface area contributed by atoms with E-state index < -0.39 is 55.1 Å². The van der Waals surface area contributed by atoms with Crippen LogP contribution in [0.25, 0.3) is 0 Å².